The maximum atomic E-state index is 12.9. The Hall–Kier alpha value is -2.18. The molecule has 0 saturated heterocycles. The van der Waals surface area contributed by atoms with E-state index in [1.54, 1.807) is 18.3 Å². The Morgan fingerprint density at radius 2 is 1.92 bits per heavy atom. The van der Waals surface area contributed by atoms with Gasteiger partial charge in [0.05, 0.1) is 5.56 Å². The number of nitriles is 1. The smallest absolute Gasteiger partial charge is 0.263 e. The molecule has 25 heavy (non-hydrogen) atoms. The summed E-state index contributed by atoms with van der Waals surface area (Å²) in [6.45, 7) is 1.48. The summed E-state index contributed by atoms with van der Waals surface area (Å²) in [6.07, 6.45) is -1.44. The van der Waals surface area contributed by atoms with Gasteiger partial charge in [-0.05, 0) is 29.8 Å². The van der Waals surface area contributed by atoms with Crippen LogP contribution in [0.3, 0.4) is 0 Å². The van der Waals surface area contributed by atoms with Gasteiger partial charge in [-0.25, -0.2) is 13.1 Å². The summed E-state index contributed by atoms with van der Waals surface area (Å²) in [5, 5.41) is 8.25. The monoisotopic (exact) mass is 375 g/mol. The molecule has 9 heteroatoms. The molecule has 0 saturated carbocycles. The molecular formula is C16H14F5N3S. The molecule has 1 aromatic heterocycles. The normalized spacial score (nSPS) is 12.1. The van der Waals surface area contributed by atoms with Crippen molar-refractivity contribution in [1.82, 2.24) is 9.29 Å². The van der Waals surface area contributed by atoms with Gasteiger partial charge in [0.2, 0.25) is 0 Å². The first-order valence-corrected chi connectivity index (χ1v) is 7.38. The Balaban J connectivity index is 0.000000324. The predicted octanol–water partition coefficient (Wildman–Crippen LogP) is 4.69. The zero-order valence-corrected chi connectivity index (χ0v) is 13.9. The average Bonchev–Trinajstić information content (AvgIpc) is 2.58. The lowest BCUT2D eigenvalue weighted by Crippen LogP contribution is -2.32. The molecule has 2 rings (SSSR count). The number of aromatic nitrogens is 1. The van der Waals surface area contributed by atoms with Crippen LogP contribution in [0.2, 0.25) is 0 Å². The highest BCUT2D eigenvalue weighted by atomic mass is 32.1. The van der Waals surface area contributed by atoms with E-state index >= 15 is 0 Å². The summed E-state index contributed by atoms with van der Waals surface area (Å²) in [4.78, 5) is 3.73. The van der Waals surface area contributed by atoms with Crippen LogP contribution in [0, 0.1) is 23.0 Å². The molecule has 3 nitrogen and oxygen atoms in total. The molecule has 1 heterocycles. The van der Waals surface area contributed by atoms with Gasteiger partial charge in [-0.1, -0.05) is 25.8 Å². The van der Waals surface area contributed by atoms with Gasteiger partial charge in [0.1, 0.15) is 12.1 Å². The third-order valence-corrected chi connectivity index (χ3v) is 3.50. The van der Waals surface area contributed by atoms with Crippen LogP contribution in [-0.2, 0) is 0 Å². The quantitative estimate of drug-likeness (QED) is 0.625. The molecule has 0 bridgehead atoms. The van der Waals surface area contributed by atoms with Gasteiger partial charge in [0.25, 0.3) is 0 Å². The predicted molar refractivity (Wildman–Crippen MR) is 85.5 cm³/mol. The second kappa shape index (κ2) is 9.34. The van der Waals surface area contributed by atoms with E-state index in [2.05, 4.69) is 17.8 Å². The van der Waals surface area contributed by atoms with Crippen LogP contribution < -0.4 is 0 Å². The van der Waals surface area contributed by atoms with Crippen molar-refractivity contribution in [3.8, 4) is 6.07 Å². The number of benzene rings is 1. The topological polar surface area (TPSA) is 39.9 Å². The van der Waals surface area contributed by atoms with E-state index in [1.807, 2.05) is 6.07 Å². The second-order valence-electron chi connectivity index (χ2n) is 4.73. The van der Waals surface area contributed by atoms with Crippen molar-refractivity contribution < 1.29 is 22.0 Å². The molecule has 2 aromatic rings. The SMILES string of the molecule is CCN(S)C(c1ccc(F)c(F)c1)C(F)(F)F.N#Cc1cccnc1. The minimum atomic E-state index is -4.61. The van der Waals surface area contributed by atoms with E-state index in [9.17, 15) is 22.0 Å². The number of alkyl halides is 3. The lowest BCUT2D eigenvalue weighted by atomic mass is 10.1. The number of hydrogen-bond acceptors (Lipinski definition) is 4. The van der Waals surface area contributed by atoms with Gasteiger partial charge < -0.3 is 0 Å². The molecule has 1 atom stereocenters. The van der Waals surface area contributed by atoms with Crippen molar-refractivity contribution in [2.24, 2.45) is 0 Å². The minimum Gasteiger partial charge on any atom is -0.263 e. The van der Waals surface area contributed by atoms with Crippen molar-refractivity contribution in [3.05, 3.63) is 65.5 Å². The van der Waals surface area contributed by atoms with Crippen molar-refractivity contribution in [3.63, 3.8) is 0 Å². The summed E-state index contributed by atoms with van der Waals surface area (Å²) >= 11 is 3.69. The summed E-state index contributed by atoms with van der Waals surface area (Å²) in [6, 6.07) is 5.45. The number of thiol groups is 1. The maximum Gasteiger partial charge on any atom is 0.408 e. The van der Waals surface area contributed by atoms with Crippen molar-refractivity contribution in [2.45, 2.75) is 19.1 Å². The lowest BCUT2D eigenvalue weighted by molar-refractivity contribution is -0.171. The summed E-state index contributed by atoms with van der Waals surface area (Å²) in [7, 11) is 0. The molecule has 0 aliphatic heterocycles. The van der Waals surface area contributed by atoms with E-state index in [4.69, 9.17) is 5.26 Å². The van der Waals surface area contributed by atoms with Crippen LogP contribution in [0.4, 0.5) is 22.0 Å². The van der Waals surface area contributed by atoms with E-state index < -0.39 is 23.9 Å². The standard InChI is InChI=1S/C10H10F5NS.C6H4N2/c1-2-16(17)9(10(13,14)15)6-3-4-7(11)8(12)5-6;7-4-6-2-1-3-8-5-6/h3-5,9,17H,2H2,1H3;1-3,5H. The zero-order valence-electron chi connectivity index (χ0n) is 13.0. The molecule has 0 amide bonds. The number of halogens is 5. The second-order valence-corrected chi connectivity index (χ2v) is 5.24. The van der Waals surface area contributed by atoms with Gasteiger partial charge in [0, 0.05) is 18.9 Å². The van der Waals surface area contributed by atoms with Gasteiger partial charge in [0.15, 0.2) is 11.6 Å². The summed E-state index contributed by atoms with van der Waals surface area (Å²) in [5.74, 6) is -2.49. The van der Waals surface area contributed by atoms with E-state index in [0.29, 0.717) is 22.0 Å². The Bertz CT molecular complexity index is 716. The van der Waals surface area contributed by atoms with Crippen LogP contribution in [0.15, 0.2) is 42.7 Å². The molecule has 134 valence electrons. The van der Waals surface area contributed by atoms with Gasteiger partial charge >= 0.3 is 6.18 Å². The fourth-order valence-electron chi connectivity index (χ4n) is 1.82. The molecule has 0 radical (unpaired) electrons. The zero-order chi connectivity index (χ0) is 19.0. The Morgan fingerprint density at radius 3 is 2.32 bits per heavy atom. The molecule has 1 unspecified atom stereocenters. The van der Waals surface area contributed by atoms with Crippen LogP contribution in [0.25, 0.3) is 0 Å². The number of hydrogen-bond donors (Lipinski definition) is 1. The fraction of sp³-hybridized carbons (Fsp3) is 0.250. The summed E-state index contributed by atoms with van der Waals surface area (Å²) in [5.41, 5.74) is 0.223. The molecule has 0 aliphatic carbocycles. The van der Waals surface area contributed by atoms with Crippen LogP contribution in [-0.4, -0.2) is 22.0 Å². The van der Waals surface area contributed by atoms with Crippen molar-refractivity contribution in [2.75, 3.05) is 6.54 Å². The first-order valence-electron chi connectivity index (χ1n) is 6.98. The Morgan fingerprint density at radius 1 is 1.24 bits per heavy atom. The summed E-state index contributed by atoms with van der Waals surface area (Å²) < 4.78 is 64.6. The number of pyridine rings is 1. The van der Waals surface area contributed by atoms with E-state index in [0.717, 1.165) is 6.07 Å². The molecule has 1 aromatic carbocycles. The van der Waals surface area contributed by atoms with Gasteiger partial charge in [-0.3, -0.25) is 4.98 Å². The third kappa shape index (κ3) is 6.32. The van der Waals surface area contributed by atoms with Crippen LogP contribution >= 0.6 is 12.8 Å². The van der Waals surface area contributed by atoms with Gasteiger partial charge in [-0.2, -0.15) is 18.4 Å². The van der Waals surface area contributed by atoms with Crippen LogP contribution in [0.5, 0.6) is 0 Å². The van der Waals surface area contributed by atoms with Gasteiger partial charge in [-0.15, -0.1) is 0 Å². The van der Waals surface area contributed by atoms with E-state index in [1.165, 1.54) is 13.1 Å². The van der Waals surface area contributed by atoms with Crippen LogP contribution in [0.1, 0.15) is 24.1 Å². The highest BCUT2D eigenvalue weighted by Crippen LogP contribution is 2.38. The fourth-order valence-corrected chi connectivity index (χ4v) is 2.09. The molecule has 0 aliphatic rings. The molecule has 0 spiro atoms. The average molecular weight is 375 g/mol. The number of nitrogens with zero attached hydrogens (tertiary/aromatic N) is 3. The van der Waals surface area contributed by atoms with Crippen molar-refractivity contribution in [1.29, 1.82) is 5.26 Å². The highest BCUT2D eigenvalue weighted by Gasteiger charge is 2.43. The first kappa shape index (κ1) is 20.9. The third-order valence-electron chi connectivity index (χ3n) is 2.98. The first-order chi connectivity index (χ1) is 11.7. The number of rotatable bonds is 3. The van der Waals surface area contributed by atoms with Crippen molar-refractivity contribution >= 4 is 12.8 Å². The van der Waals surface area contributed by atoms with E-state index in [-0.39, 0.29) is 12.1 Å². The highest BCUT2D eigenvalue weighted by molar-refractivity contribution is 7.77. The largest absolute Gasteiger partial charge is 0.408 e. The molecule has 0 fully saturated rings. The molecular weight excluding hydrogens is 361 g/mol. The molecule has 0 N–H and O–H groups in total. The minimum absolute atomic E-state index is 0.00623. The lowest BCUT2D eigenvalue weighted by Gasteiger charge is -2.28. The Kier molecular flexibility index (Phi) is 7.80. The maximum absolute atomic E-state index is 12.9. The Labute approximate surface area is 147 Å².